The molecule has 0 aromatic carbocycles. The van der Waals surface area contributed by atoms with Gasteiger partial charge in [-0.15, -0.1) is 0 Å². The summed E-state index contributed by atoms with van der Waals surface area (Å²) in [6.45, 7) is 12.2. The predicted molar refractivity (Wildman–Crippen MR) is 48.9 cm³/mol. The third kappa shape index (κ3) is 4.26. The molecular weight excluding hydrogens is 172 g/mol. The molecule has 0 aliphatic rings. The standard InChI is InChI=1S/2C3H5.C2H7Si.Ti/c3*1-3-2;/h2*3H,1-2H2;3H,1-2H3;. The summed E-state index contributed by atoms with van der Waals surface area (Å²) in [6, 6.07) is 0. The zero-order valence-electron chi connectivity index (χ0n) is 7.06. The predicted octanol–water partition coefficient (Wildman–Crippen LogP) is 2.80. The Morgan fingerprint density at radius 2 is 1.60 bits per heavy atom. The Kier molecular flexibility index (Phi) is 6.40. The minimum absolute atomic E-state index is 0.297. The van der Waals surface area contributed by atoms with E-state index in [1.807, 2.05) is 0 Å². The van der Waals surface area contributed by atoms with E-state index in [0.29, 0.717) is 0 Å². The van der Waals surface area contributed by atoms with Crippen molar-refractivity contribution in [3.63, 3.8) is 0 Å². The molecule has 0 fully saturated rings. The first-order valence-corrected chi connectivity index (χ1v) is 11.6. The second-order valence-electron chi connectivity index (χ2n) is 2.80. The fraction of sp³-hybridized carbons (Fsp3) is 0.500. The summed E-state index contributed by atoms with van der Waals surface area (Å²) in [7, 11) is 0. The van der Waals surface area contributed by atoms with E-state index in [1.165, 1.54) is 9.45 Å². The molecule has 0 aliphatic heterocycles. The quantitative estimate of drug-likeness (QED) is 0.460. The summed E-state index contributed by atoms with van der Waals surface area (Å²) in [5.74, 6) is 0. The molecule has 0 heterocycles. The first-order chi connectivity index (χ1) is 4.72. The Morgan fingerprint density at radius 1 is 1.20 bits per heavy atom. The first-order valence-electron chi connectivity index (χ1n) is 3.78. The van der Waals surface area contributed by atoms with Crippen molar-refractivity contribution in [1.82, 2.24) is 0 Å². The second-order valence-corrected chi connectivity index (χ2v) is 17.2. The van der Waals surface area contributed by atoms with Crippen LogP contribution in [0.2, 0.25) is 22.5 Å². The van der Waals surface area contributed by atoms with Gasteiger partial charge in [0.1, 0.15) is 0 Å². The van der Waals surface area contributed by atoms with Gasteiger partial charge in [0.2, 0.25) is 0 Å². The Balaban J connectivity index is 3.70. The van der Waals surface area contributed by atoms with Crippen LogP contribution in [0.5, 0.6) is 0 Å². The molecule has 0 spiro atoms. The van der Waals surface area contributed by atoms with Crippen molar-refractivity contribution in [3.8, 4) is 0 Å². The van der Waals surface area contributed by atoms with Crippen molar-refractivity contribution in [2.75, 3.05) is 0 Å². The molecule has 0 nitrogen and oxygen atoms in total. The number of allylic oxidation sites excluding steroid dienone is 2. The minimum atomic E-state index is -0.662. The molecule has 0 atom stereocenters. The SMILES string of the molecule is C=C[CH2][Ti]([CH2]C=C)[SiH](C)C. The van der Waals surface area contributed by atoms with Crippen molar-refractivity contribution in [1.29, 1.82) is 0 Å². The van der Waals surface area contributed by atoms with Crippen molar-refractivity contribution < 1.29 is 17.1 Å². The van der Waals surface area contributed by atoms with E-state index in [2.05, 4.69) is 38.4 Å². The van der Waals surface area contributed by atoms with Crippen molar-refractivity contribution in [2.24, 2.45) is 0 Å². The average Bonchev–Trinajstić information content (AvgIpc) is 1.87. The molecule has 0 bridgehead atoms. The summed E-state index contributed by atoms with van der Waals surface area (Å²) >= 11 is -0.662. The molecule has 10 heavy (non-hydrogen) atoms. The van der Waals surface area contributed by atoms with Crippen LogP contribution in [0.15, 0.2) is 25.3 Å². The van der Waals surface area contributed by atoms with Crippen LogP contribution in [0.25, 0.3) is 0 Å². The van der Waals surface area contributed by atoms with E-state index >= 15 is 0 Å². The van der Waals surface area contributed by atoms with Gasteiger partial charge in [-0.2, -0.15) is 0 Å². The van der Waals surface area contributed by atoms with Crippen LogP contribution in [0.1, 0.15) is 0 Å². The maximum atomic E-state index is 3.79. The van der Waals surface area contributed by atoms with Gasteiger partial charge in [-0.05, 0) is 0 Å². The van der Waals surface area contributed by atoms with Gasteiger partial charge in [-0.1, -0.05) is 0 Å². The average molecular weight is 189 g/mol. The van der Waals surface area contributed by atoms with Gasteiger partial charge in [-0.25, -0.2) is 0 Å². The molecule has 0 aromatic heterocycles. The molecule has 0 saturated carbocycles. The summed E-state index contributed by atoms with van der Waals surface area (Å²) < 4.78 is 2.69. The van der Waals surface area contributed by atoms with Gasteiger partial charge in [0.25, 0.3) is 0 Å². The van der Waals surface area contributed by atoms with Crippen LogP contribution < -0.4 is 0 Å². The molecule has 0 N–H and O–H groups in total. The third-order valence-electron chi connectivity index (χ3n) is 1.63. The van der Waals surface area contributed by atoms with Gasteiger partial charge in [0, 0.05) is 0 Å². The number of rotatable bonds is 5. The molecule has 2 heteroatoms. The van der Waals surface area contributed by atoms with Crippen LogP contribution in [-0.4, -0.2) is 6.66 Å². The molecule has 0 rings (SSSR count). The third-order valence-corrected chi connectivity index (χ3v) is 15.4. The Hall–Kier alpha value is 0.411. The van der Waals surface area contributed by atoms with Crippen LogP contribution >= 0.6 is 0 Å². The van der Waals surface area contributed by atoms with E-state index in [4.69, 9.17) is 0 Å². The zero-order valence-corrected chi connectivity index (χ0v) is 9.78. The fourth-order valence-electron chi connectivity index (χ4n) is 0.926. The van der Waals surface area contributed by atoms with Gasteiger partial charge >= 0.3 is 71.6 Å². The summed E-state index contributed by atoms with van der Waals surface area (Å²) in [6.07, 6.45) is 4.21. The van der Waals surface area contributed by atoms with Crippen molar-refractivity contribution in [2.45, 2.75) is 22.5 Å². The Labute approximate surface area is 71.7 Å². The molecule has 0 amide bonds. The summed E-state index contributed by atoms with van der Waals surface area (Å²) in [5.41, 5.74) is 0. The first kappa shape index (κ1) is 10.4. The monoisotopic (exact) mass is 189 g/mol. The summed E-state index contributed by atoms with van der Waals surface area (Å²) in [4.78, 5) is 0. The van der Waals surface area contributed by atoms with Crippen LogP contribution in [0.3, 0.4) is 0 Å². The molecule has 0 saturated heterocycles. The molecule has 0 aliphatic carbocycles. The van der Waals surface area contributed by atoms with Crippen LogP contribution in [-0.2, 0) is 17.1 Å². The van der Waals surface area contributed by atoms with E-state index in [0.717, 1.165) is 0 Å². The Morgan fingerprint density at radius 3 is 1.80 bits per heavy atom. The van der Waals surface area contributed by atoms with Gasteiger partial charge < -0.3 is 0 Å². The molecular formula is C8H17SiTi. The van der Waals surface area contributed by atoms with E-state index in [-0.39, 0.29) is 6.66 Å². The van der Waals surface area contributed by atoms with Crippen molar-refractivity contribution in [3.05, 3.63) is 25.3 Å². The molecule has 57 valence electrons. The second kappa shape index (κ2) is 6.14. The van der Waals surface area contributed by atoms with E-state index in [1.54, 1.807) is 0 Å². The Bertz CT molecular complexity index is 99.8. The maximum absolute atomic E-state index is 3.79. The number of hydrogen-bond acceptors (Lipinski definition) is 0. The van der Waals surface area contributed by atoms with E-state index < -0.39 is 17.1 Å². The van der Waals surface area contributed by atoms with Gasteiger partial charge in [0.05, 0.1) is 0 Å². The van der Waals surface area contributed by atoms with Gasteiger partial charge in [-0.3, -0.25) is 0 Å². The molecule has 0 unspecified atom stereocenters. The molecule has 0 radical (unpaired) electrons. The molecule has 0 aromatic rings. The normalized spacial score (nSPS) is 9.50. The van der Waals surface area contributed by atoms with Gasteiger partial charge in [0.15, 0.2) is 0 Å². The summed E-state index contributed by atoms with van der Waals surface area (Å²) in [5, 5.41) is 0. The fourth-order valence-corrected chi connectivity index (χ4v) is 9.08. The number of hydrogen-bond donors (Lipinski definition) is 0. The topological polar surface area (TPSA) is 0 Å². The van der Waals surface area contributed by atoms with Crippen LogP contribution in [0, 0.1) is 0 Å². The van der Waals surface area contributed by atoms with Crippen molar-refractivity contribution >= 4 is 6.66 Å². The zero-order chi connectivity index (χ0) is 7.98. The van der Waals surface area contributed by atoms with E-state index in [9.17, 15) is 0 Å². The van der Waals surface area contributed by atoms with Crippen LogP contribution in [0.4, 0.5) is 0 Å².